The topological polar surface area (TPSA) is 38.7 Å². The third-order valence-corrected chi connectivity index (χ3v) is 16.7. The van der Waals surface area contributed by atoms with Crippen LogP contribution >= 0.6 is 0 Å². The molecule has 0 N–H and O–H groups in total. The van der Waals surface area contributed by atoms with E-state index in [1.54, 1.807) is 0 Å². The van der Waals surface area contributed by atoms with Crippen molar-refractivity contribution in [2.24, 2.45) is 0 Å². The largest absolute Gasteiger partial charge is 0.208 e. The van der Waals surface area contributed by atoms with E-state index in [-0.39, 0.29) is 0 Å². The highest BCUT2D eigenvalue weighted by molar-refractivity contribution is 6.69. The van der Waals surface area contributed by atoms with Crippen molar-refractivity contribution in [3.63, 3.8) is 0 Å². The second-order valence-corrected chi connectivity index (χ2v) is 20.1. The van der Waals surface area contributed by atoms with E-state index in [4.69, 9.17) is 15.0 Å². The Morgan fingerprint density at radius 1 is 0.278 bits per heavy atom. The first kappa shape index (κ1) is 45.5. The van der Waals surface area contributed by atoms with Crippen molar-refractivity contribution in [2.75, 3.05) is 0 Å². The molecule has 0 saturated carbocycles. The molecule has 0 saturated heterocycles. The molecular formula is C60H48B9N3. The van der Waals surface area contributed by atoms with Crippen LogP contribution in [0.4, 0.5) is 0 Å². The number of rotatable bonds is 7. The summed E-state index contributed by atoms with van der Waals surface area (Å²) in [7, 11) is 20.2. The fourth-order valence-corrected chi connectivity index (χ4v) is 12.3. The predicted octanol–water partition coefficient (Wildman–Crippen LogP) is -0.798. The minimum absolute atomic E-state index is 0.561. The molecule has 0 spiro atoms. The average Bonchev–Trinajstić information content (AvgIpc) is 3.72. The first-order chi connectivity index (χ1) is 34.9. The van der Waals surface area contributed by atoms with Crippen LogP contribution < -0.4 is 49.2 Å². The van der Waals surface area contributed by atoms with Crippen molar-refractivity contribution in [3.8, 4) is 67.5 Å². The molecule has 1 aliphatic rings. The maximum atomic E-state index is 5.60. The van der Waals surface area contributed by atoms with Crippen molar-refractivity contribution in [2.45, 2.75) is 5.41 Å². The van der Waals surface area contributed by atoms with Crippen molar-refractivity contribution >= 4 is 141 Å². The van der Waals surface area contributed by atoms with Crippen LogP contribution in [0.1, 0.15) is 22.3 Å². The van der Waals surface area contributed by atoms with Crippen molar-refractivity contribution in [1.29, 1.82) is 0 Å². The van der Waals surface area contributed by atoms with Gasteiger partial charge in [0.1, 0.15) is 70.6 Å². The molecule has 0 aliphatic heterocycles. The summed E-state index contributed by atoms with van der Waals surface area (Å²) in [6, 6.07) is 66.8. The standard InChI is InChI=1S/C60H48B9N3/c61-48-45(35-25-23-32-28-34(24-22-33(32)29-35)40-20-11-13-31-12-7-8-18-39(31)40)49(62)53(66)50(63)46(48)58-70-57(71-59(72-58)47-51(64)54(67)56(69)55(68)52(47)65)36-26-27-42-41-19-9-10-21-43(41)60(44(42)30-36,37-14-3-1-4-15-37)38-16-5-2-6-17-38/h1-30H,61-69H2. The first-order valence-electron chi connectivity index (χ1n) is 25.3. The van der Waals surface area contributed by atoms with Crippen LogP contribution in [0.3, 0.4) is 0 Å². The summed E-state index contributed by atoms with van der Waals surface area (Å²) in [5.74, 6) is 2.04. The van der Waals surface area contributed by atoms with Gasteiger partial charge in [-0.25, -0.2) is 15.0 Å². The molecule has 0 bridgehead atoms. The third kappa shape index (κ3) is 6.97. The van der Waals surface area contributed by atoms with Gasteiger partial charge in [0.15, 0.2) is 17.5 Å². The van der Waals surface area contributed by atoms with Gasteiger partial charge in [0.2, 0.25) is 0 Å². The van der Waals surface area contributed by atoms with Gasteiger partial charge in [0, 0.05) is 16.7 Å². The Balaban J connectivity index is 1.07. The summed E-state index contributed by atoms with van der Waals surface area (Å²) < 4.78 is 0. The Morgan fingerprint density at radius 3 is 1.40 bits per heavy atom. The molecule has 10 aromatic carbocycles. The lowest BCUT2D eigenvalue weighted by Gasteiger charge is -2.34. The highest BCUT2D eigenvalue weighted by atomic mass is 15.0. The van der Waals surface area contributed by atoms with E-state index in [1.165, 1.54) is 121 Å². The third-order valence-electron chi connectivity index (χ3n) is 16.7. The second-order valence-electron chi connectivity index (χ2n) is 20.1. The molecule has 1 aliphatic carbocycles. The van der Waals surface area contributed by atoms with Crippen LogP contribution in [-0.4, -0.2) is 85.6 Å². The van der Waals surface area contributed by atoms with E-state index in [2.05, 4.69) is 253 Å². The second kappa shape index (κ2) is 17.6. The van der Waals surface area contributed by atoms with E-state index in [0.29, 0.717) is 17.5 Å². The Hall–Kier alpha value is -7.69. The van der Waals surface area contributed by atoms with Crippen LogP contribution in [0.2, 0.25) is 0 Å². The summed E-state index contributed by atoms with van der Waals surface area (Å²) >= 11 is 0. The lowest BCUT2D eigenvalue weighted by molar-refractivity contribution is 0.768. The van der Waals surface area contributed by atoms with Gasteiger partial charge in [-0.05, 0) is 95.4 Å². The van der Waals surface area contributed by atoms with Crippen LogP contribution in [-0.2, 0) is 5.41 Å². The monoisotopic (exact) mass is 909 g/mol. The zero-order valence-electron chi connectivity index (χ0n) is 42.7. The van der Waals surface area contributed by atoms with Gasteiger partial charge < -0.3 is 0 Å². The fraction of sp³-hybridized carbons (Fsp3) is 0.0167. The van der Waals surface area contributed by atoms with Crippen LogP contribution in [0, 0.1) is 0 Å². The van der Waals surface area contributed by atoms with Gasteiger partial charge >= 0.3 is 0 Å². The molecule has 0 amide bonds. The smallest absolute Gasteiger partial charge is 0.164 e. The van der Waals surface area contributed by atoms with Crippen LogP contribution in [0.15, 0.2) is 182 Å². The molecule has 11 aromatic rings. The number of aromatic nitrogens is 3. The zero-order chi connectivity index (χ0) is 49.6. The van der Waals surface area contributed by atoms with Crippen molar-refractivity contribution in [1.82, 2.24) is 15.0 Å². The van der Waals surface area contributed by atoms with Crippen molar-refractivity contribution in [3.05, 3.63) is 204 Å². The molecule has 1 aromatic heterocycles. The van der Waals surface area contributed by atoms with E-state index < -0.39 is 5.41 Å². The maximum absolute atomic E-state index is 5.60. The van der Waals surface area contributed by atoms with E-state index in [9.17, 15) is 0 Å². The quantitative estimate of drug-likeness (QED) is 0.197. The molecule has 3 nitrogen and oxygen atoms in total. The zero-order valence-corrected chi connectivity index (χ0v) is 42.7. The molecular weight excluding hydrogens is 860 g/mol. The Bertz CT molecular complexity index is 3980. The van der Waals surface area contributed by atoms with Gasteiger partial charge in [0.25, 0.3) is 0 Å². The summed E-state index contributed by atoms with van der Waals surface area (Å²) in [4.78, 5) is 16.7. The Kier molecular flexibility index (Phi) is 11.1. The minimum Gasteiger partial charge on any atom is -0.208 e. The van der Waals surface area contributed by atoms with E-state index in [1.807, 2.05) is 0 Å². The molecule has 0 fully saturated rings. The molecule has 0 unspecified atom stereocenters. The summed E-state index contributed by atoms with van der Waals surface area (Å²) in [5, 5.41) is 4.93. The van der Waals surface area contributed by atoms with E-state index in [0.717, 1.165) is 22.2 Å². The number of fused-ring (bicyclic) bond motifs is 5. The molecule has 0 radical (unpaired) electrons. The van der Waals surface area contributed by atoms with E-state index >= 15 is 0 Å². The lowest BCUT2D eigenvalue weighted by Crippen LogP contribution is -2.55. The number of benzene rings is 10. The van der Waals surface area contributed by atoms with Gasteiger partial charge in [0.05, 0.1) is 5.41 Å². The highest BCUT2D eigenvalue weighted by Crippen LogP contribution is 2.56. The van der Waals surface area contributed by atoms with Crippen molar-refractivity contribution < 1.29 is 0 Å². The van der Waals surface area contributed by atoms with Gasteiger partial charge in [-0.15, -0.1) is 21.9 Å². The minimum atomic E-state index is -0.561. The SMILES string of the molecule is Bc1c(B)c(B)c(-c2nc(-c3ccc4c(c3)C(c3ccccc3)(c3ccccc3)c3ccccc3-4)nc(-c3c(B)c(B)c(B)c(-c4ccc5cc(-c6cccc7ccccc67)ccc5c4)c3B)n2)c(B)c1B. The predicted molar refractivity (Wildman–Crippen MR) is 333 cm³/mol. The first-order valence-corrected chi connectivity index (χ1v) is 25.3. The maximum Gasteiger partial charge on any atom is 0.164 e. The molecule has 0 atom stereocenters. The fourth-order valence-electron chi connectivity index (χ4n) is 12.3. The van der Waals surface area contributed by atoms with Gasteiger partial charge in [-0.2, -0.15) is 0 Å². The summed E-state index contributed by atoms with van der Waals surface area (Å²) in [6.45, 7) is 0. The number of hydrogen-bond acceptors (Lipinski definition) is 3. The Morgan fingerprint density at radius 2 is 0.736 bits per heavy atom. The molecule has 72 heavy (non-hydrogen) atoms. The summed E-state index contributed by atoms with van der Waals surface area (Å²) in [6.07, 6.45) is 0. The molecule has 1 heterocycles. The summed E-state index contributed by atoms with van der Waals surface area (Å²) in [5.41, 5.74) is 25.9. The van der Waals surface area contributed by atoms with Crippen LogP contribution in [0.5, 0.6) is 0 Å². The number of hydrogen-bond donors (Lipinski definition) is 0. The highest BCUT2D eigenvalue weighted by Gasteiger charge is 2.46. The molecule has 330 valence electrons. The average molecular weight is 908 g/mol. The molecule has 12 heteroatoms. The van der Waals surface area contributed by atoms with Crippen LogP contribution in [0.25, 0.3) is 89.1 Å². The lowest BCUT2D eigenvalue weighted by atomic mass is 9.60. The van der Waals surface area contributed by atoms with Gasteiger partial charge in [-0.1, -0.05) is 191 Å². The Labute approximate surface area is 431 Å². The molecule has 12 rings (SSSR count). The normalized spacial score (nSPS) is 12.5. The number of nitrogens with zero attached hydrogens (tertiary/aromatic N) is 3. The van der Waals surface area contributed by atoms with Gasteiger partial charge in [-0.3, -0.25) is 0 Å².